The van der Waals surface area contributed by atoms with Crippen LogP contribution < -0.4 is 5.32 Å². The van der Waals surface area contributed by atoms with E-state index < -0.39 is 17.6 Å². The van der Waals surface area contributed by atoms with E-state index in [2.05, 4.69) is 5.32 Å². The molecular weight excluding hydrogens is 282 g/mol. The van der Waals surface area contributed by atoms with Crippen molar-refractivity contribution in [3.05, 3.63) is 29.6 Å². The predicted octanol–water partition coefficient (Wildman–Crippen LogP) is 4.81. The van der Waals surface area contributed by atoms with Gasteiger partial charge in [-0.3, -0.25) is 0 Å². The molecule has 6 heteroatoms. The zero-order valence-corrected chi connectivity index (χ0v) is 10.9. The molecule has 106 valence electrons. The van der Waals surface area contributed by atoms with E-state index in [1.54, 1.807) is 0 Å². The van der Waals surface area contributed by atoms with Crippen LogP contribution in [0.5, 0.6) is 0 Å². The summed E-state index contributed by atoms with van der Waals surface area (Å²) < 4.78 is 50.8. The topological polar surface area (TPSA) is 12.0 Å². The lowest BCUT2D eigenvalue weighted by molar-refractivity contribution is -0.137. The average molecular weight is 296 g/mol. The zero-order valence-electron chi connectivity index (χ0n) is 10.1. The van der Waals surface area contributed by atoms with Crippen LogP contribution in [-0.2, 0) is 6.18 Å². The van der Waals surface area contributed by atoms with Gasteiger partial charge in [0, 0.05) is 11.4 Å². The molecule has 0 radical (unpaired) electrons. The normalized spacial score (nSPS) is 24.3. The van der Waals surface area contributed by atoms with E-state index in [0.717, 1.165) is 37.8 Å². The number of rotatable bonds is 2. The van der Waals surface area contributed by atoms with Crippen molar-refractivity contribution in [1.82, 2.24) is 0 Å². The average Bonchev–Trinajstić information content (AvgIpc) is 2.33. The molecule has 0 bridgehead atoms. The maximum atomic E-state index is 13.6. The molecular formula is C13H14ClF4N. The summed E-state index contributed by atoms with van der Waals surface area (Å²) >= 11 is 5.96. The van der Waals surface area contributed by atoms with Crippen molar-refractivity contribution in [3.63, 3.8) is 0 Å². The molecule has 0 unspecified atom stereocenters. The van der Waals surface area contributed by atoms with E-state index in [9.17, 15) is 17.6 Å². The van der Waals surface area contributed by atoms with Crippen molar-refractivity contribution in [2.24, 2.45) is 0 Å². The van der Waals surface area contributed by atoms with Gasteiger partial charge in [-0.2, -0.15) is 13.2 Å². The molecule has 1 aliphatic rings. The number of nitrogens with one attached hydrogen (secondary N) is 1. The van der Waals surface area contributed by atoms with Gasteiger partial charge in [-0.25, -0.2) is 4.39 Å². The molecule has 1 fully saturated rings. The summed E-state index contributed by atoms with van der Waals surface area (Å²) in [7, 11) is 0. The summed E-state index contributed by atoms with van der Waals surface area (Å²) in [5.41, 5.74) is -0.856. The van der Waals surface area contributed by atoms with Crippen LogP contribution in [0.2, 0.25) is 0 Å². The molecule has 1 N–H and O–H groups in total. The van der Waals surface area contributed by atoms with Crippen molar-refractivity contribution in [3.8, 4) is 0 Å². The monoisotopic (exact) mass is 295 g/mol. The molecule has 19 heavy (non-hydrogen) atoms. The lowest BCUT2D eigenvalue weighted by Crippen LogP contribution is -2.26. The number of benzene rings is 1. The number of hydrogen-bond donors (Lipinski definition) is 1. The highest BCUT2D eigenvalue weighted by molar-refractivity contribution is 6.20. The Morgan fingerprint density at radius 2 is 1.74 bits per heavy atom. The summed E-state index contributed by atoms with van der Waals surface area (Å²) in [5, 5.41) is 3.10. The molecule has 0 aliphatic heterocycles. The summed E-state index contributed by atoms with van der Waals surface area (Å²) in [6, 6.07) is 2.63. The standard InChI is InChI=1S/C13H14ClF4N/c14-9-2-4-10(5-3-9)19-12-6-1-8(7-11(12)15)13(16,17)18/h1,6-7,9-10,19H,2-5H2. The molecule has 1 aromatic rings. The van der Waals surface area contributed by atoms with Crippen molar-refractivity contribution in [2.75, 3.05) is 5.32 Å². The Morgan fingerprint density at radius 3 is 2.26 bits per heavy atom. The molecule has 0 heterocycles. The van der Waals surface area contributed by atoms with Crippen molar-refractivity contribution < 1.29 is 17.6 Å². The molecule has 0 atom stereocenters. The first-order chi connectivity index (χ1) is 8.86. The van der Waals surface area contributed by atoms with Gasteiger partial charge in [0.15, 0.2) is 0 Å². The van der Waals surface area contributed by atoms with Crippen LogP contribution in [0, 0.1) is 5.82 Å². The molecule has 0 aromatic heterocycles. The van der Waals surface area contributed by atoms with Gasteiger partial charge in [0.1, 0.15) is 5.82 Å². The van der Waals surface area contributed by atoms with E-state index >= 15 is 0 Å². The Hall–Kier alpha value is -0.970. The highest BCUT2D eigenvalue weighted by atomic mass is 35.5. The van der Waals surface area contributed by atoms with Gasteiger partial charge in [-0.05, 0) is 43.9 Å². The zero-order chi connectivity index (χ0) is 14.0. The number of alkyl halides is 4. The minimum atomic E-state index is -4.52. The maximum Gasteiger partial charge on any atom is 0.416 e. The van der Waals surface area contributed by atoms with Gasteiger partial charge >= 0.3 is 6.18 Å². The smallest absolute Gasteiger partial charge is 0.380 e. The quantitative estimate of drug-likeness (QED) is 0.610. The van der Waals surface area contributed by atoms with Crippen molar-refractivity contribution in [2.45, 2.75) is 43.3 Å². The number of anilines is 1. The maximum absolute atomic E-state index is 13.6. The van der Waals surface area contributed by atoms with E-state index in [1.165, 1.54) is 0 Å². The van der Waals surface area contributed by atoms with E-state index in [4.69, 9.17) is 11.6 Å². The number of hydrogen-bond acceptors (Lipinski definition) is 1. The minimum Gasteiger partial charge on any atom is -0.380 e. The largest absolute Gasteiger partial charge is 0.416 e. The highest BCUT2D eigenvalue weighted by Gasteiger charge is 2.31. The Labute approximate surface area is 113 Å². The summed E-state index contributed by atoms with van der Waals surface area (Å²) in [6.07, 6.45) is -1.25. The third-order valence-electron chi connectivity index (χ3n) is 3.31. The van der Waals surface area contributed by atoms with Crippen LogP contribution in [0.3, 0.4) is 0 Å². The van der Waals surface area contributed by atoms with Gasteiger partial charge in [-0.15, -0.1) is 11.6 Å². The molecule has 1 nitrogen and oxygen atoms in total. The fourth-order valence-corrected chi connectivity index (χ4v) is 2.48. The summed E-state index contributed by atoms with van der Waals surface area (Å²) in [5.74, 6) is -0.872. The lowest BCUT2D eigenvalue weighted by atomic mass is 9.95. The van der Waals surface area contributed by atoms with Crippen LogP contribution in [0.1, 0.15) is 31.2 Å². The van der Waals surface area contributed by atoms with Crippen LogP contribution in [0.25, 0.3) is 0 Å². The summed E-state index contributed by atoms with van der Waals surface area (Å²) in [4.78, 5) is 0. The van der Waals surface area contributed by atoms with Crippen molar-refractivity contribution in [1.29, 1.82) is 0 Å². The van der Waals surface area contributed by atoms with Crippen LogP contribution >= 0.6 is 11.6 Å². The first-order valence-corrected chi connectivity index (χ1v) is 6.57. The van der Waals surface area contributed by atoms with Gasteiger partial charge in [0.25, 0.3) is 0 Å². The second kappa shape index (κ2) is 5.57. The second-order valence-electron chi connectivity index (χ2n) is 4.79. The van der Waals surface area contributed by atoms with Crippen molar-refractivity contribution >= 4 is 17.3 Å². The Kier molecular flexibility index (Phi) is 4.23. The van der Waals surface area contributed by atoms with E-state index in [1.807, 2.05) is 0 Å². The first kappa shape index (κ1) is 14.4. The Morgan fingerprint density at radius 1 is 1.11 bits per heavy atom. The summed E-state index contributed by atoms with van der Waals surface area (Å²) in [6.45, 7) is 0. The third-order valence-corrected chi connectivity index (χ3v) is 3.75. The SMILES string of the molecule is Fc1cc(C(F)(F)F)ccc1NC1CCC(Cl)CC1. The van der Waals surface area contributed by atoms with Gasteiger partial charge in [0.05, 0.1) is 11.3 Å². The van der Waals surface area contributed by atoms with Gasteiger partial charge in [0.2, 0.25) is 0 Å². The Bertz CT molecular complexity index is 439. The fraction of sp³-hybridized carbons (Fsp3) is 0.538. The molecule has 1 saturated carbocycles. The molecule has 0 saturated heterocycles. The van der Waals surface area contributed by atoms with Crippen LogP contribution in [-0.4, -0.2) is 11.4 Å². The minimum absolute atomic E-state index is 0.0706. The molecule has 1 aliphatic carbocycles. The first-order valence-electron chi connectivity index (χ1n) is 6.13. The predicted molar refractivity (Wildman–Crippen MR) is 66.9 cm³/mol. The van der Waals surface area contributed by atoms with Gasteiger partial charge in [-0.1, -0.05) is 0 Å². The van der Waals surface area contributed by atoms with E-state index in [-0.39, 0.29) is 17.1 Å². The molecule has 1 aromatic carbocycles. The Balaban J connectivity index is 2.05. The van der Waals surface area contributed by atoms with Gasteiger partial charge < -0.3 is 5.32 Å². The second-order valence-corrected chi connectivity index (χ2v) is 5.40. The highest BCUT2D eigenvalue weighted by Crippen LogP contribution is 2.32. The third kappa shape index (κ3) is 3.75. The van der Waals surface area contributed by atoms with Crippen LogP contribution in [0.15, 0.2) is 18.2 Å². The molecule has 0 amide bonds. The molecule has 0 spiro atoms. The van der Waals surface area contributed by atoms with E-state index in [0.29, 0.717) is 6.07 Å². The van der Waals surface area contributed by atoms with Crippen LogP contribution in [0.4, 0.5) is 23.2 Å². The lowest BCUT2D eigenvalue weighted by Gasteiger charge is -2.27. The fourth-order valence-electron chi connectivity index (χ4n) is 2.23. The number of halogens is 5. The molecule has 2 rings (SSSR count).